The SMILES string of the molecule is CCOC(=O)CC(C)C[C@H]1O[C@H](CO)[C@@H](O)[C@H](O)[C@H]1O. The van der Waals surface area contributed by atoms with Crippen LogP contribution in [0.4, 0.5) is 0 Å². The number of hydrogen-bond acceptors (Lipinski definition) is 7. The van der Waals surface area contributed by atoms with Gasteiger partial charge >= 0.3 is 5.97 Å². The van der Waals surface area contributed by atoms with Crippen LogP contribution in [0, 0.1) is 5.92 Å². The van der Waals surface area contributed by atoms with Gasteiger partial charge in [0.2, 0.25) is 0 Å². The number of carbonyl (C=O) groups excluding carboxylic acids is 1. The molecule has 1 fully saturated rings. The predicted molar refractivity (Wildman–Crippen MR) is 68.8 cm³/mol. The Morgan fingerprint density at radius 1 is 1.20 bits per heavy atom. The maximum Gasteiger partial charge on any atom is 0.306 e. The van der Waals surface area contributed by atoms with Crippen LogP contribution in [0.1, 0.15) is 26.7 Å². The number of rotatable bonds is 6. The molecule has 1 aliphatic rings. The summed E-state index contributed by atoms with van der Waals surface area (Å²) in [6.07, 6.45) is -5.13. The Morgan fingerprint density at radius 2 is 1.80 bits per heavy atom. The lowest BCUT2D eigenvalue weighted by Crippen LogP contribution is -2.58. The third-order valence-corrected chi connectivity index (χ3v) is 3.45. The van der Waals surface area contributed by atoms with Crippen LogP contribution in [0.2, 0.25) is 0 Å². The van der Waals surface area contributed by atoms with Crippen LogP contribution >= 0.6 is 0 Å². The first-order valence-electron chi connectivity index (χ1n) is 6.86. The number of ether oxygens (including phenoxy) is 2. The quantitative estimate of drug-likeness (QED) is 0.455. The highest BCUT2D eigenvalue weighted by molar-refractivity contribution is 5.69. The molecule has 0 amide bonds. The molecule has 7 heteroatoms. The largest absolute Gasteiger partial charge is 0.466 e. The monoisotopic (exact) mass is 292 g/mol. The minimum Gasteiger partial charge on any atom is -0.466 e. The standard InChI is InChI=1S/C13H24O7/c1-3-19-10(15)5-7(2)4-8-11(16)13(18)12(17)9(6-14)20-8/h7-9,11-14,16-18H,3-6H2,1-2H3/t7?,8-,9-,11+,12-,13-/m1/s1. The van der Waals surface area contributed by atoms with E-state index in [0.717, 1.165) is 0 Å². The molecule has 1 heterocycles. The molecule has 0 saturated carbocycles. The van der Waals surface area contributed by atoms with Crippen molar-refractivity contribution < 1.29 is 34.7 Å². The lowest BCUT2D eigenvalue weighted by Gasteiger charge is -2.40. The van der Waals surface area contributed by atoms with Crippen LogP contribution in [0.3, 0.4) is 0 Å². The highest BCUT2D eigenvalue weighted by Crippen LogP contribution is 2.26. The molecule has 4 N–H and O–H groups in total. The topological polar surface area (TPSA) is 116 Å². The van der Waals surface area contributed by atoms with Gasteiger partial charge in [-0.1, -0.05) is 6.92 Å². The predicted octanol–water partition coefficient (Wildman–Crippen LogP) is -1.19. The normalized spacial score (nSPS) is 35.6. The molecule has 1 aliphatic heterocycles. The van der Waals surface area contributed by atoms with E-state index in [4.69, 9.17) is 14.6 Å². The van der Waals surface area contributed by atoms with Crippen molar-refractivity contribution in [1.29, 1.82) is 0 Å². The van der Waals surface area contributed by atoms with E-state index in [1.165, 1.54) is 0 Å². The van der Waals surface area contributed by atoms with Crippen molar-refractivity contribution in [2.24, 2.45) is 5.92 Å². The van der Waals surface area contributed by atoms with E-state index in [2.05, 4.69) is 0 Å². The average molecular weight is 292 g/mol. The third-order valence-electron chi connectivity index (χ3n) is 3.45. The van der Waals surface area contributed by atoms with Gasteiger partial charge in [-0.2, -0.15) is 0 Å². The summed E-state index contributed by atoms with van der Waals surface area (Å²) < 4.78 is 10.2. The summed E-state index contributed by atoms with van der Waals surface area (Å²) in [5.74, 6) is -0.444. The first kappa shape index (κ1) is 17.3. The summed E-state index contributed by atoms with van der Waals surface area (Å²) in [4.78, 5) is 11.4. The van der Waals surface area contributed by atoms with Crippen molar-refractivity contribution in [2.45, 2.75) is 57.2 Å². The Hall–Kier alpha value is -0.730. The molecular weight excluding hydrogens is 268 g/mol. The second kappa shape index (κ2) is 7.90. The summed E-state index contributed by atoms with van der Waals surface area (Å²) >= 11 is 0. The van der Waals surface area contributed by atoms with E-state index in [9.17, 15) is 20.1 Å². The zero-order chi connectivity index (χ0) is 15.3. The molecule has 6 atom stereocenters. The summed E-state index contributed by atoms with van der Waals surface area (Å²) in [7, 11) is 0. The summed E-state index contributed by atoms with van der Waals surface area (Å²) in [6, 6.07) is 0. The molecule has 1 saturated heterocycles. The molecule has 1 unspecified atom stereocenters. The highest BCUT2D eigenvalue weighted by Gasteiger charge is 2.43. The Balaban J connectivity index is 2.55. The number of aliphatic hydroxyl groups excluding tert-OH is 4. The molecule has 0 aromatic carbocycles. The van der Waals surface area contributed by atoms with Crippen LogP contribution < -0.4 is 0 Å². The van der Waals surface area contributed by atoms with E-state index in [1.54, 1.807) is 13.8 Å². The van der Waals surface area contributed by atoms with Gasteiger partial charge < -0.3 is 29.9 Å². The fourth-order valence-corrected chi connectivity index (χ4v) is 2.36. The molecule has 0 spiro atoms. The Bertz CT molecular complexity index is 307. The maximum atomic E-state index is 11.4. The lowest BCUT2D eigenvalue weighted by atomic mass is 9.89. The first-order chi connectivity index (χ1) is 9.40. The first-order valence-corrected chi connectivity index (χ1v) is 6.86. The molecule has 0 radical (unpaired) electrons. The van der Waals surface area contributed by atoms with Crippen molar-refractivity contribution >= 4 is 5.97 Å². The second-order valence-electron chi connectivity index (χ2n) is 5.22. The fourth-order valence-electron chi connectivity index (χ4n) is 2.36. The highest BCUT2D eigenvalue weighted by atomic mass is 16.5. The second-order valence-corrected chi connectivity index (χ2v) is 5.22. The van der Waals surface area contributed by atoms with Gasteiger partial charge in [0, 0.05) is 6.42 Å². The zero-order valence-corrected chi connectivity index (χ0v) is 11.8. The van der Waals surface area contributed by atoms with Gasteiger partial charge in [0.05, 0.1) is 19.3 Å². The number of carbonyl (C=O) groups is 1. The van der Waals surface area contributed by atoms with Crippen LogP contribution in [0.15, 0.2) is 0 Å². The van der Waals surface area contributed by atoms with Crippen molar-refractivity contribution in [3.63, 3.8) is 0 Å². The zero-order valence-electron chi connectivity index (χ0n) is 11.8. The molecule has 0 aromatic rings. The van der Waals surface area contributed by atoms with Gasteiger partial charge in [0.1, 0.15) is 24.4 Å². The smallest absolute Gasteiger partial charge is 0.306 e. The number of esters is 1. The molecule has 1 rings (SSSR count). The molecule has 0 aliphatic carbocycles. The van der Waals surface area contributed by atoms with Crippen LogP contribution in [-0.4, -0.2) is 70.1 Å². The van der Waals surface area contributed by atoms with Gasteiger partial charge in [0.15, 0.2) is 0 Å². The fraction of sp³-hybridized carbons (Fsp3) is 0.923. The van der Waals surface area contributed by atoms with Gasteiger partial charge in [-0.25, -0.2) is 0 Å². The van der Waals surface area contributed by atoms with Crippen molar-refractivity contribution in [3.8, 4) is 0 Å². The van der Waals surface area contributed by atoms with E-state index < -0.39 is 37.1 Å². The molecule has 7 nitrogen and oxygen atoms in total. The summed E-state index contributed by atoms with van der Waals surface area (Å²) in [6.45, 7) is 3.39. The minimum atomic E-state index is -1.37. The van der Waals surface area contributed by atoms with Gasteiger partial charge in [-0.05, 0) is 19.3 Å². The van der Waals surface area contributed by atoms with Gasteiger partial charge in [-0.15, -0.1) is 0 Å². The molecular formula is C13H24O7. The molecule has 20 heavy (non-hydrogen) atoms. The van der Waals surface area contributed by atoms with E-state index in [-0.39, 0.29) is 18.3 Å². The number of hydrogen-bond donors (Lipinski definition) is 4. The van der Waals surface area contributed by atoms with Crippen molar-refractivity contribution in [3.05, 3.63) is 0 Å². The Labute approximate surface area is 118 Å². The van der Waals surface area contributed by atoms with E-state index in [1.807, 2.05) is 0 Å². The maximum absolute atomic E-state index is 11.4. The van der Waals surface area contributed by atoms with Crippen LogP contribution in [-0.2, 0) is 14.3 Å². The molecule has 118 valence electrons. The summed E-state index contributed by atoms with van der Waals surface area (Å²) in [5.41, 5.74) is 0. The van der Waals surface area contributed by atoms with Gasteiger partial charge in [0.25, 0.3) is 0 Å². The van der Waals surface area contributed by atoms with E-state index >= 15 is 0 Å². The van der Waals surface area contributed by atoms with Crippen molar-refractivity contribution in [1.82, 2.24) is 0 Å². The van der Waals surface area contributed by atoms with Crippen LogP contribution in [0.25, 0.3) is 0 Å². The van der Waals surface area contributed by atoms with Crippen molar-refractivity contribution in [2.75, 3.05) is 13.2 Å². The Kier molecular flexibility index (Phi) is 6.84. The number of aliphatic hydroxyl groups is 4. The van der Waals surface area contributed by atoms with E-state index in [0.29, 0.717) is 13.0 Å². The Morgan fingerprint density at radius 3 is 2.35 bits per heavy atom. The summed E-state index contributed by atoms with van der Waals surface area (Å²) in [5, 5.41) is 38.3. The third kappa shape index (κ3) is 4.39. The molecule has 0 aromatic heterocycles. The van der Waals surface area contributed by atoms with Gasteiger partial charge in [-0.3, -0.25) is 4.79 Å². The minimum absolute atomic E-state index is 0.115. The lowest BCUT2D eigenvalue weighted by molar-refractivity contribution is -0.232. The average Bonchev–Trinajstić information content (AvgIpc) is 2.39. The molecule has 0 bridgehead atoms. The van der Waals surface area contributed by atoms with Crippen LogP contribution in [0.5, 0.6) is 0 Å².